The monoisotopic (exact) mass is 376 g/mol. The summed E-state index contributed by atoms with van der Waals surface area (Å²) in [6.45, 7) is 8.19. The second-order valence-electron chi connectivity index (χ2n) is 10.9. The second-order valence-corrected chi connectivity index (χ2v) is 10.9. The van der Waals surface area contributed by atoms with Gasteiger partial charge < -0.3 is 14.6 Å². The van der Waals surface area contributed by atoms with E-state index in [9.17, 15) is 9.90 Å². The Morgan fingerprint density at radius 3 is 2.44 bits per heavy atom. The Balaban J connectivity index is 1.47. The fourth-order valence-electron chi connectivity index (χ4n) is 8.64. The Hall–Kier alpha value is -0.450. The summed E-state index contributed by atoms with van der Waals surface area (Å²) in [5.74, 6) is 2.16. The van der Waals surface area contributed by atoms with Crippen molar-refractivity contribution in [1.82, 2.24) is 0 Å². The molecule has 0 spiro atoms. The molecule has 4 aliphatic carbocycles. The molecule has 4 saturated carbocycles. The maximum absolute atomic E-state index is 13.6. The molecule has 0 radical (unpaired) electrons. The van der Waals surface area contributed by atoms with E-state index in [0.29, 0.717) is 49.1 Å². The topological polar surface area (TPSA) is 55.8 Å². The first-order valence-electron chi connectivity index (χ1n) is 11.3. The summed E-state index contributed by atoms with van der Waals surface area (Å²) >= 11 is 0. The molecule has 0 aromatic rings. The van der Waals surface area contributed by atoms with Crippen LogP contribution >= 0.6 is 0 Å². The molecule has 0 aromatic heterocycles. The molecule has 0 bridgehead atoms. The number of ether oxygens (including phenoxy) is 2. The molecule has 5 rings (SSSR count). The summed E-state index contributed by atoms with van der Waals surface area (Å²) in [7, 11) is 0. The number of carbonyl (C=O) groups excluding carboxylic acids is 1. The molecule has 5 aliphatic rings. The molecule has 5 fully saturated rings. The summed E-state index contributed by atoms with van der Waals surface area (Å²) in [5.41, 5.74) is 0.109. The third-order valence-electron chi connectivity index (χ3n) is 9.81. The molecule has 27 heavy (non-hydrogen) atoms. The van der Waals surface area contributed by atoms with Crippen LogP contribution in [0.1, 0.15) is 72.1 Å². The number of rotatable bonds is 1. The lowest BCUT2D eigenvalue weighted by Crippen LogP contribution is -2.59. The van der Waals surface area contributed by atoms with Crippen molar-refractivity contribution >= 4 is 5.78 Å². The van der Waals surface area contributed by atoms with E-state index >= 15 is 0 Å². The van der Waals surface area contributed by atoms with Crippen LogP contribution in [0.2, 0.25) is 0 Å². The van der Waals surface area contributed by atoms with Crippen LogP contribution in [0, 0.1) is 40.4 Å². The predicted molar refractivity (Wildman–Crippen MR) is 102 cm³/mol. The van der Waals surface area contributed by atoms with E-state index in [0.717, 1.165) is 32.1 Å². The van der Waals surface area contributed by atoms with Gasteiger partial charge in [-0.3, -0.25) is 4.79 Å². The average molecular weight is 377 g/mol. The largest absolute Gasteiger partial charge is 0.393 e. The second kappa shape index (κ2) is 6.03. The highest BCUT2D eigenvalue weighted by molar-refractivity contribution is 5.84. The smallest absolute Gasteiger partial charge is 0.169 e. The highest BCUT2D eigenvalue weighted by atomic mass is 16.7. The van der Waals surface area contributed by atoms with E-state index in [1.807, 2.05) is 0 Å². The van der Waals surface area contributed by atoms with Crippen molar-refractivity contribution in [3.8, 4) is 0 Å². The highest BCUT2D eigenvalue weighted by Gasteiger charge is 2.66. The first kappa shape index (κ1) is 18.6. The van der Waals surface area contributed by atoms with E-state index < -0.39 is 5.79 Å². The van der Waals surface area contributed by atoms with Crippen LogP contribution < -0.4 is 0 Å². The molecule has 1 aliphatic heterocycles. The number of carbonyl (C=O) groups is 1. The van der Waals surface area contributed by atoms with Gasteiger partial charge in [0.25, 0.3) is 0 Å². The maximum atomic E-state index is 13.6. The Morgan fingerprint density at radius 2 is 1.70 bits per heavy atom. The van der Waals surface area contributed by atoms with Gasteiger partial charge in [-0.15, -0.1) is 0 Å². The van der Waals surface area contributed by atoms with E-state index in [4.69, 9.17) is 9.47 Å². The van der Waals surface area contributed by atoms with Crippen molar-refractivity contribution in [3.05, 3.63) is 0 Å². The number of aliphatic hydroxyl groups excluding tert-OH is 1. The van der Waals surface area contributed by atoms with Crippen molar-refractivity contribution in [1.29, 1.82) is 0 Å². The quantitative estimate of drug-likeness (QED) is 0.753. The molecule has 4 nitrogen and oxygen atoms in total. The average Bonchev–Trinajstić information content (AvgIpc) is 3.19. The summed E-state index contributed by atoms with van der Waals surface area (Å²) < 4.78 is 12.1. The minimum absolute atomic E-state index is 0.00865. The minimum atomic E-state index is -0.507. The van der Waals surface area contributed by atoms with Gasteiger partial charge in [0, 0.05) is 18.3 Å². The van der Waals surface area contributed by atoms with E-state index in [2.05, 4.69) is 20.8 Å². The zero-order valence-electron chi connectivity index (χ0n) is 17.2. The molecule has 152 valence electrons. The number of ketones is 1. The van der Waals surface area contributed by atoms with Crippen molar-refractivity contribution in [2.45, 2.75) is 84.0 Å². The Labute approximate surface area is 163 Å². The Bertz CT molecular complexity index is 626. The van der Waals surface area contributed by atoms with Crippen LogP contribution in [0.4, 0.5) is 0 Å². The third kappa shape index (κ3) is 2.48. The van der Waals surface area contributed by atoms with Gasteiger partial charge in [0.2, 0.25) is 0 Å². The van der Waals surface area contributed by atoms with E-state index in [-0.39, 0.29) is 22.9 Å². The molecule has 1 N–H and O–H groups in total. The minimum Gasteiger partial charge on any atom is -0.393 e. The number of fused-ring (bicyclic) bond motifs is 5. The normalized spacial score (nSPS) is 54.3. The molecule has 1 saturated heterocycles. The highest BCUT2D eigenvalue weighted by Crippen LogP contribution is 2.68. The van der Waals surface area contributed by atoms with Crippen LogP contribution in [-0.4, -0.2) is 36.0 Å². The van der Waals surface area contributed by atoms with E-state index in [1.54, 1.807) is 0 Å². The Morgan fingerprint density at radius 1 is 0.963 bits per heavy atom. The SMILES string of the molecule is CC1([C@@H]2CC[C@@H]3[C@@H]4CC[C@@H]5C[C@H](O)CC[C@]5(C)[C@@H]4C(=O)C[C@]32C)OCCO1. The summed E-state index contributed by atoms with van der Waals surface area (Å²) in [5, 5.41) is 10.2. The zero-order chi connectivity index (χ0) is 19.0. The van der Waals surface area contributed by atoms with Crippen molar-refractivity contribution in [2.75, 3.05) is 13.2 Å². The lowest BCUT2D eigenvalue weighted by atomic mass is 9.44. The van der Waals surface area contributed by atoms with Gasteiger partial charge in [-0.2, -0.15) is 0 Å². The maximum Gasteiger partial charge on any atom is 0.169 e. The first-order chi connectivity index (χ1) is 12.8. The van der Waals surface area contributed by atoms with Crippen LogP contribution in [0.25, 0.3) is 0 Å². The molecule has 0 amide bonds. The van der Waals surface area contributed by atoms with Gasteiger partial charge >= 0.3 is 0 Å². The number of Topliss-reactive ketones (excluding diaryl/α,β-unsaturated/α-hetero) is 1. The molecular weight excluding hydrogens is 340 g/mol. The molecule has 4 heteroatoms. The van der Waals surface area contributed by atoms with Crippen LogP contribution in [0.5, 0.6) is 0 Å². The van der Waals surface area contributed by atoms with Crippen molar-refractivity contribution in [3.63, 3.8) is 0 Å². The summed E-state index contributed by atoms with van der Waals surface area (Å²) in [6, 6.07) is 0. The molecule has 8 atom stereocenters. The van der Waals surface area contributed by atoms with E-state index in [1.165, 1.54) is 12.8 Å². The zero-order valence-corrected chi connectivity index (χ0v) is 17.2. The van der Waals surface area contributed by atoms with Crippen molar-refractivity contribution in [2.24, 2.45) is 40.4 Å². The van der Waals surface area contributed by atoms with Gasteiger partial charge in [-0.05, 0) is 80.5 Å². The lowest BCUT2D eigenvalue weighted by molar-refractivity contribution is -0.216. The molecular formula is C23H36O4. The number of aliphatic hydroxyl groups is 1. The summed E-state index contributed by atoms with van der Waals surface area (Å²) in [6.07, 6.45) is 7.99. The fraction of sp³-hybridized carbons (Fsp3) is 0.957. The predicted octanol–water partition coefficient (Wildman–Crippen LogP) is 3.95. The van der Waals surface area contributed by atoms with Gasteiger partial charge in [-0.25, -0.2) is 0 Å². The van der Waals surface area contributed by atoms with Gasteiger partial charge in [-0.1, -0.05) is 13.8 Å². The molecule has 0 aromatic carbocycles. The van der Waals surface area contributed by atoms with Crippen LogP contribution in [-0.2, 0) is 14.3 Å². The van der Waals surface area contributed by atoms with Gasteiger partial charge in [0.05, 0.1) is 19.3 Å². The first-order valence-corrected chi connectivity index (χ1v) is 11.3. The van der Waals surface area contributed by atoms with Gasteiger partial charge in [0.15, 0.2) is 5.79 Å². The molecule has 1 heterocycles. The standard InChI is InChI=1S/C23H36O4/c1-21-9-8-15(24)12-14(21)4-5-16-17-6-7-19(23(3)26-10-11-27-23)22(17,2)13-18(25)20(16)21/h14-17,19-20,24H,4-13H2,1-3H3/t14-,15-,16+,17-,19-,20+,21+,22-/m1/s1. The number of hydrogen-bond donors (Lipinski definition) is 1. The Kier molecular flexibility index (Phi) is 4.14. The van der Waals surface area contributed by atoms with Gasteiger partial charge in [0.1, 0.15) is 5.78 Å². The van der Waals surface area contributed by atoms with Crippen LogP contribution in [0.15, 0.2) is 0 Å². The fourth-order valence-corrected chi connectivity index (χ4v) is 8.64. The van der Waals surface area contributed by atoms with Crippen molar-refractivity contribution < 1.29 is 19.4 Å². The summed E-state index contributed by atoms with van der Waals surface area (Å²) in [4.78, 5) is 13.6. The molecule has 0 unspecified atom stereocenters. The van der Waals surface area contributed by atoms with Crippen LogP contribution in [0.3, 0.4) is 0 Å². The lowest BCUT2D eigenvalue weighted by Gasteiger charge is -2.60. The third-order valence-corrected chi connectivity index (χ3v) is 9.81. The number of hydrogen-bond acceptors (Lipinski definition) is 4.